The molecule has 3 radical (unpaired) electrons. The molecule has 0 aliphatic rings. The highest BCUT2D eigenvalue weighted by Gasteiger charge is 2.09. The highest BCUT2D eigenvalue weighted by atomic mass is 32.2. The van der Waals surface area contributed by atoms with Gasteiger partial charge in [-0.25, -0.2) is 0 Å². The van der Waals surface area contributed by atoms with Crippen molar-refractivity contribution in [2.75, 3.05) is 0 Å². The molecule has 0 aliphatic heterocycles. The molecule has 8 heavy (non-hydrogen) atoms. The quantitative estimate of drug-likeness (QED) is 0.427. The Bertz CT molecular complexity index is 96.7. The summed E-state index contributed by atoms with van der Waals surface area (Å²) in [6.07, 6.45) is 1.83. The summed E-state index contributed by atoms with van der Waals surface area (Å²) in [4.78, 5) is 0. The van der Waals surface area contributed by atoms with Gasteiger partial charge in [0.05, 0.1) is 10.2 Å². The Morgan fingerprint density at radius 3 is 2.25 bits per heavy atom. The molecule has 0 saturated carbocycles. The average Bonchev–Trinajstić information content (AvgIpc) is 1.67. The van der Waals surface area contributed by atoms with Crippen LogP contribution in [0.25, 0.3) is 0 Å². The molecule has 43 valence electrons. The fraction of sp³-hybridized carbons (Fsp3) is 0.333. The number of thioether (sulfide) groups is 1. The predicted molar refractivity (Wildman–Crippen MR) is 42.1 cm³/mol. The van der Waals surface area contributed by atoms with E-state index in [9.17, 15) is 0 Å². The average molecular weight is 141 g/mol. The first kappa shape index (κ1) is 8.05. The molecule has 2 heteroatoms. The summed E-state index contributed by atoms with van der Waals surface area (Å²) >= 11 is 1.59. The van der Waals surface area contributed by atoms with Crippen molar-refractivity contribution in [2.45, 2.75) is 11.3 Å². The first-order chi connectivity index (χ1) is 3.62. The molecule has 0 amide bonds. The Balaban J connectivity index is 3.70. The molecule has 1 unspecified atom stereocenters. The van der Waals surface area contributed by atoms with Gasteiger partial charge in [-0.05, 0) is 5.41 Å². The van der Waals surface area contributed by atoms with E-state index >= 15 is 0 Å². The Morgan fingerprint density at radius 1 is 1.62 bits per heavy atom. The number of hydrogen-bond acceptors (Lipinski definition) is 1. The van der Waals surface area contributed by atoms with E-state index in [2.05, 4.69) is 23.4 Å². The van der Waals surface area contributed by atoms with Crippen molar-refractivity contribution in [3.8, 4) is 0 Å². The number of hydrogen-bond donors (Lipinski definition) is 0. The van der Waals surface area contributed by atoms with Crippen LogP contribution in [0.2, 0.25) is 0 Å². The molecule has 0 aromatic heterocycles. The lowest BCUT2D eigenvalue weighted by Crippen LogP contribution is -2.13. The van der Waals surface area contributed by atoms with Crippen molar-refractivity contribution < 1.29 is 0 Å². The van der Waals surface area contributed by atoms with Gasteiger partial charge in [0.1, 0.15) is 0 Å². The third-order valence-electron chi connectivity index (χ3n) is 0.718. The predicted octanol–water partition coefficient (Wildman–Crippen LogP) is 1.93. The van der Waals surface area contributed by atoms with Gasteiger partial charge in [0.15, 0.2) is 0 Å². The molecule has 0 saturated heterocycles. The maximum atomic E-state index is 3.63. The van der Waals surface area contributed by atoms with Gasteiger partial charge in [0, 0.05) is 4.37 Å². The van der Waals surface area contributed by atoms with Crippen LogP contribution in [-0.4, -0.2) is 14.6 Å². The summed E-state index contributed by atoms with van der Waals surface area (Å²) in [6.45, 7) is 9.23. The van der Waals surface area contributed by atoms with Crippen molar-refractivity contribution in [1.29, 1.82) is 0 Å². The summed E-state index contributed by atoms with van der Waals surface area (Å²) < 4.78 is -0.0399. The first-order valence-electron chi connectivity index (χ1n) is 2.29. The third-order valence-corrected chi connectivity index (χ3v) is 2.10. The molecule has 0 N–H and O–H groups in total. The highest BCUT2D eigenvalue weighted by molar-refractivity contribution is 8.04. The van der Waals surface area contributed by atoms with Gasteiger partial charge in [-0.3, -0.25) is 0 Å². The van der Waals surface area contributed by atoms with Crippen molar-refractivity contribution in [2.24, 2.45) is 0 Å². The van der Waals surface area contributed by atoms with Gasteiger partial charge < -0.3 is 0 Å². The molecule has 0 aromatic rings. The Kier molecular flexibility index (Phi) is 3.17. The van der Waals surface area contributed by atoms with E-state index < -0.39 is 0 Å². The molecule has 1 atom stereocenters. The normalized spacial score (nSPS) is 16.8. The van der Waals surface area contributed by atoms with E-state index in [1.807, 2.05) is 13.0 Å². The zero-order chi connectivity index (χ0) is 6.62. The second kappa shape index (κ2) is 3.15. The smallest absolute Gasteiger partial charge is 0.0520 e. The topological polar surface area (TPSA) is 0 Å². The minimum Gasteiger partial charge on any atom is -0.128 e. The summed E-state index contributed by atoms with van der Waals surface area (Å²) in [5.41, 5.74) is 0. The fourth-order valence-corrected chi connectivity index (χ4v) is 0.914. The van der Waals surface area contributed by atoms with Crippen LogP contribution in [0.3, 0.4) is 0 Å². The van der Waals surface area contributed by atoms with E-state index in [0.29, 0.717) is 0 Å². The van der Waals surface area contributed by atoms with Crippen LogP contribution in [0.1, 0.15) is 6.92 Å². The van der Waals surface area contributed by atoms with E-state index in [0.717, 1.165) is 0 Å². The van der Waals surface area contributed by atoms with Crippen LogP contribution in [0.4, 0.5) is 0 Å². The molecule has 0 spiro atoms. The fourth-order valence-electron chi connectivity index (χ4n) is 0.221. The van der Waals surface area contributed by atoms with Crippen LogP contribution >= 0.6 is 11.8 Å². The Labute approximate surface area is 58.5 Å². The summed E-state index contributed by atoms with van der Waals surface area (Å²) in [7, 11) is 3.46. The van der Waals surface area contributed by atoms with Crippen LogP contribution in [-0.2, 0) is 0 Å². The van der Waals surface area contributed by atoms with Crippen LogP contribution in [0, 0.1) is 0 Å². The van der Waals surface area contributed by atoms with Gasteiger partial charge >= 0.3 is 0 Å². The van der Waals surface area contributed by atoms with Crippen molar-refractivity contribution in [3.05, 3.63) is 24.6 Å². The molecule has 0 bridgehead atoms. The minimum absolute atomic E-state index is 0.0399. The molecule has 0 heterocycles. The van der Waals surface area contributed by atoms with Crippen LogP contribution in [0.5, 0.6) is 0 Å². The largest absolute Gasteiger partial charge is 0.128 e. The third kappa shape index (κ3) is 3.10. The van der Waals surface area contributed by atoms with Crippen molar-refractivity contribution in [3.63, 3.8) is 0 Å². The maximum absolute atomic E-state index is 3.63. The van der Waals surface area contributed by atoms with Gasteiger partial charge in [-0.2, -0.15) is 0 Å². The van der Waals surface area contributed by atoms with Crippen LogP contribution in [0.15, 0.2) is 24.6 Å². The lowest BCUT2D eigenvalue weighted by atomic mass is 10.5. The maximum Gasteiger partial charge on any atom is 0.0520 e. The van der Waals surface area contributed by atoms with Gasteiger partial charge in [-0.1, -0.05) is 19.6 Å². The second-order valence-corrected chi connectivity index (χ2v) is 4.41. The van der Waals surface area contributed by atoms with Crippen molar-refractivity contribution >= 4 is 22.0 Å². The molecule has 0 fully saturated rings. The molecule has 0 rings (SSSR count). The SMILES string of the molecule is C=CSC(C)([Si])C=C. The Morgan fingerprint density at radius 2 is 2.12 bits per heavy atom. The molecule has 0 nitrogen and oxygen atoms in total. The monoisotopic (exact) mass is 141 g/mol. The summed E-state index contributed by atoms with van der Waals surface area (Å²) in [5.74, 6) is 0. The minimum atomic E-state index is -0.0399. The van der Waals surface area contributed by atoms with E-state index in [-0.39, 0.29) is 4.37 Å². The van der Waals surface area contributed by atoms with Crippen molar-refractivity contribution in [1.82, 2.24) is 0 Å². The summed E-state index contributed by atoms with van der Waals surface area (Å²) in [5, 5.41) is 1.79. The zero-order valence-corrected chi connectivity index (χ0v) is 6.79. The van der Waals surface area contributed by atoms with Gasteiger partial charge in [0.2, 0.25) is 0 Å². The lowest BCUT2D eigenvalue weighted by Gasteiger charge is -2.14. The Hall–Kier alpha value is 0.0469. The second-order valence-electron chi connectivity index (χ2n) is 1.60. The van der Waals surface area contributed by atoms with E-state index in [4.69, 9.17) is 0 Å². The molecular weight excluding hydrogens is 132 g/mol. The molecular formula is C6H9SSi. The molecule has 0 aliphatic carbocycles. The van der Waals surface area contributed by atoms with E-state index in [1.165, 1.54) is 0 Å². The number of rotatable bonds is 3. The zero-order valence-electron chi connectivity index (χ0n) is 4.98. The lowest BCUT2D eigenvalue weighted by molar-refractivity contribution is 1.15. The highest BCUT2D eigenvalue weighted by Crippen LogP contribution is 2.21. The molecule has 0 aromatic carbocycles. The van der Waals surface area contributed by atoms with Gasteiger partial charge in [-0.15, -0.1) is 18.3 Å². The standard InChI is InChI=1S/C6H9SSi/c1-4-6(3,8)7-5-2/h4-5H,1-2H2,3H3. The first-order valence-corrected chi connectivity index (χ1v) is 3.67. The summed E-state index contributed by atoms with van der Waals surface area (Å²) in [6, 6.07) is 0. The van der Waals surface area contributed by atoms with Crippen LogP contribution < -0.4 is 0 Å². The van der Waals surface area contributed by atoms with E-state index in [1.54, 1.807) is 17.2 Å². The van der Waals surface area contributed by atoms with Gasteiger partial charge in [0.25, 0.3) is 0 Å².